The third-order valence-electron chi connectivity index (χ3n) is 2.26. The van der Waals surface area contributed by atoms with E-state index < -0.39 is 6.10 Å². The van der Waals surface area contributed by atoms with Crippen LogP contribution in [0.2, 0.25) is 0 Å². The highest BCUT2D eigenvalue weighted by molar-refractivity contribution is 5.54. The van der Waals surface area contributed by atoms with Crippen molar-refractivity contribution >= 4 is 5.69 Å². The van der Waals surface area contributed by atoms with Crippen molar-refractivity contribution < 1.29 is 9.50 Å². The molecule has 82 valence electrons. The molecule has 0 saturated carbocycles. The average molecular weight is 209 g/mol. The molecule has 1 aromatic rings. The van der Waals surface area contributed by atoms with E-state index in [4.69, 9.17) is 0 Å². The fraction of sp³-hybridized carbons (Fsp3) is 0.333. The van der Waals surface area contributed by atoms with Gasteiger partial charge in [-0.2, -0.15) is 0 Å². The lowest BCUT2D eigenvalue weighted by molar-refractivity contribution is 0.194. The van der Waals surface area contributed by atoms with E-state index in [9.17, 15) is 9.50 Å². The lowest BCUT2D eigenvalue weighted by Gasteiger charge is -2.22. The topological polar surface area (TPSA) is 23.5 Å². The van der Waals surface area contributed by atoms with Crippen molar-refractivity contribution in [3.8, 4) is 0 Å². The molecule has 0 aliphatic rings. The molecular formula is C12H16FNO. The number of benzene rings is 1. The SMILES string of the molecule is C=CCN(C)c1cccc(F)c1C(C)O. The molecule has 3 heteroatoms. The highest BCUT2D eigenvalue weighted by Gasteiger charge is 2.15. The van der Waals surface area contributed by atoms with Gasteiger partial charge in [0, 0.05) is 24.8 Å². The quantitative estimate of drug-likeness (QED) is 0.770. The first-order valence-corrected chi connectivity index (χ1v) is 4.86. The van der Waals surface area contributed by atoms with E-state index in [1.807, 2.05) is 11.9 Å². The molecule has 1 unspecified atom stereocenters. The van der Waals surface area contributed by atoms with Gasteiger partial charge < -0.3 is 10.0 Å². The Morgan fingerprint density at radius 3 is 2.80 bits per heavy atom. The Bertz CT molecular complexity index is 349. The van der Waals surface area contributed by atoms with Gasteiger partial charge in [-0.1, -0.05) is 12.1 Å². The molecule has 1 N–H and O–H groups in total. The number of anilines is 1. The predicted molar refractivity (Wildman–Crippen MR) is 60.5 cm³/mol. The maximum Gasteiger partial charge on any atom is 0.131 e. The first-order valence-electron chi connectivity index (χ1n) is 4.86. The van der Waals surface area contributed by atoms with Crippen molar-refractivity contribution in [2.24, 2.45) is 0 Å². The van der Waals surface area contributed by atoms with Crippen molar-refractivity contribution in [1.82, 2.24) is 0 Å². The minimum Gasteiger partial charge on any atom is -0.389 e. The first-order chi connectivity index (χ1) is 7.07. The molecule has 0 heterocycles. The van der Waals surface area contributed by atoms with Crippen LogP contribution in [0.25, 0.3) is 0 Å². The van der Waals surface area contributed by atoms with Gasteiger partial charge in [0.2, 0.25) is 0 Å². The first kappa shape index (κ1) is 11.7. The van der Waals surface area contributed by atoms with Crippen LogP contribution in [0.4, 0.5) is 10.1 Å². The maximum atomic E-state index is 13.5. The molecule has 1 aromatic carbocycles. The van der Waals surface area contributed by atoms with Crippen LogP contribution in [-0.4, -0.2) is 18.7 Å². The van der Waals surface area contributed by atoms with Gasteiger partial charge in [0.05, 0.1) is 6.10 Å². The van der Waals surface area contributed by atoms with Crippen molar-refractivity contribution in [2.45, 2.75) is 13.0 Å². The van der Waals surface area contributed by atoms with E-state index in [1.54, 1.807) is 25.1 Å². The molecule has 0 bridgehead atoms. The van der Waals surface area contributed by atoms with Crippen LogP contribution >= 0.6 is 0 Å². The molecule has 0 radical (unpaired) electrons. The monoisotopic (exact) mass is 209 g/mol. The second-order valence-corrected chi connectivity index (χ2v) is 3.52. The van der Waals surface area contributed by atoms with Gasteiger partial charge in [-0.3, -0.25) is 0 Å². The molecule has 0 amide bonds. The molecular weight excluding hydrogens is 193 g/mol. The molecule has 0 aromatic heterocycles. The third kappa shape index (κ3) is 2.57. The summed E-state index contributed by atoms with van der Waals surface area (Å²) in [5.41, 5.74) is 1.03. The number of hydrogen-bond donors (Lipinski definition) is 1. The van der Waals surface area contributed by atoms with Gasteiger partial charge in [-0.25, -0.2) is 4.39 Å². The molecule has 1 atom stereocenters. The number of halogens is 1. The molecule has 0 fully saturated rings. The van der Waals surface area contributed by atoms with Gasteiger partial charge in [0.25, 0.3) is 0 Å². The lowest BCUT2D eigenvalue weighted by Crippen LogP contribution is -2.19. The number of rotatable bonds is 4. The fourth-order valence-corrected chi connectivity index (χ4v) is 1.56. The van der Waals surface area contributed by atoms with Crippen LogP contribution in [0.5, 0.6) is 0 Å². The van der Waals surface area contributed by atoms with Crippen LogP contribution in [-0.2, 0) is 0 Å². The molecule has 1 rings (SSSR count). The second-order valence-electron chi connectivity index (χ2n) is 3.52. The number of aliphatic hydroxyl groups is 1. The van der Waals surface area contributed by atoms with Gasteiger partial charge in [0.1, 0.15) is 5.82 Å². The van der Waals surface area contributed by atoms with Crippen LogP contribution in [0, 0.1) is 5.82 Å². The Morgan fingerprint density at radius 2 is 2.27 bits per heavy atom. The summed E-state index contributed by atoms with van der Waals surface area (Å²) in [5, 5.41) is 9.51. The number of likely N-dealkylation sites (N-methyl/N-ethyl adjacent to an activating group) is 1. The Kier molecular flexibility index (Phi) is 3.86. The van der Waals surface area contributed by atoms with Crippen molar-refractivity contribution in [3.05, 3.63) is 42.2 Å². The molecule has 0 saturated heterocycles. The standard InChI is InChI=1S/C12H16FNO/c1-4-8-14(3)11-7-5-6-10(13)12(11)9(2)15/h4-7,9,15H,1,8H2,2-3H3. The van der Waals surface area contributed by atoms with E-state index in [1.165, 1.54) is 6.07 Å². The molecule has 0 aliphatic heterocycles. The summed E-state index contributed by atoms with van der Waals surface area (Å²) in [6, 6.07) is 4.78. The molecule has 15 heavy (non-hydrogen) atoms. The Morgan fingerprint density at radius 1 is 1.60 bits per heavy atom. The smallest absolute Gasteiger partial charge is 0.131 e. The zero-order chi connectivity index (χ0) is 11.4. The summed E-state index contributed by atoms with van der Waals surface area (Å²) in [6.07, 6.45) is 0.921. The van der Waals surface area contributed by atoms with Crippen molar-refractivity contribution in [1.29, 1.82) is 0 Å². The highest BCUT2D eigenvalue weighted by Crippen LogP contribution is 2.27. The van der Waals surface area contributed by atoms with Gasteiger partial charge >= 0.3 is 0 Å². The average Bonchev–Trinajstić information content (AvgIpc) is 2.17. The van der Waals surface area contributed by atoms with Crippen LogP contribution in [0.1, 0.15) is 18.6 Å². The van der Waals surface area contributed by atoms with Gasteiger partial charge in [-0.15, -0.1) is 6.58 Å². The Labute approximate surface area is 89.7 Å². The third-order valence-corrected chi connectivity index (χ3v) is 2.26. The van der Waals surface area contributed by atoms with Crippen LogP contribution in [0.15, 0.2) is 30.9 Å². The fourth-order valence-electron chi connectivity index (χ4n) is 1.56. The van der Waals surface area contributed by atoms with Gasteiger partial charge in [-0.05, 0) is 19.1 Å². The maximum absolute atomic E-state index is 13.5. The summed E-state index contributed by atoms with van der Waals surface area (Å²) < 4.78 is 13.5. The van der Waals surface area contributed by atoms with Crippen LogP contribution in [0.3, 0.4) is 0 Å². The normalized spacial score (nSPS) is 12.3. The predicted octanol–water partition coefficient (Wildman–Crippen LogP) is 2.50. The summed E-state index contributed by atoms with van der Waals surface area (Å²) in [6.45, 7) is 5.80. The van der Waals surface area contributed by atoms with E-state index in [0.717, 1.165) is 0 Å². The highest BCUT2D eigenvalue weighted by atomic mass is 19.1. The minimum absolute atomic E-state index is 0.335. The van der Waals surface area contributed by atoms with Crippen molar-refractivity contribution in [2.75, 3.05) is 18.5 Å². The Balaban J connectivity index is 3.16. The Hall–Kier alpha value is -1.35. The summed E-state index contributed by atoms with van der Waals surface area (Å²) >= 11 is 0. The molecule has 0 aliphatic carbocycles. The summed E-state index contributed by atoms with van der Waals surface area (Å²) in [4.78, 5) is 1.85. The van der Waals surface area contributed by atoms with E-state index in [-0.39, 0.29) is 5.82 Å². The number of nitrogens with zero attached hydrogens (tertiary/aromatic N) is 1. The zero-order valence-corrected chi connectivity index (χ0v) is 9.07. The largest absolute Gasteiger partial charge is 0.389 e. The molecule has 2 nitrogen and oxygen atoms in total. The number of aliphatic hydroxyl groups excluding tert-OH is 1. The van der Waals surface area contributed by atoms with Gasteiger partial charge in [0.15, 0.2) is 0 Å². The van der Waals surface area contributed by atoms with E-state index in [2.05, 4.69) is 6.58 Å². The second kappa shape index (κ2) is 4.94. The van der Waals surface area contributed by atoms with E-state index in [0.29, 0.717) is 17.8 Å². The van der Waals surface area contributed by atoms with E-state index >= 15 is 0 Å². The lowest BCUT2D eigenvalue weighted by atomic mass is 10.1. The summed E-state index contributed by atoms with van der Waals surface area (Å²) in [5.74, 6) is -0.376. The summed E-state index contributed by atoms with van der Waals surface area (Å²) in [7, 11) is 1.84. The molecule has 0 spiro atoms. The van der Waals surface area contributed by atoms with Crippen molar-refractivity contribution in [3.63, 3.8) is 0 Å². The minimum atomic E-state index is -0.812. The number of hydrogen-bond acceptors (Lipinski definition) is 2. The zero-order valence-electron chi connectivity index (χ0n) is 9.07. The van der Waals surface area contributed by atoms with Crippen LogP contribution < -0.4 is 4.90 Å².